The monoisotopic (exact) mass is 426 g/mol. The van der Waals surface area contributed by atoms with E-state index in [0.29, 0.717) is 12.8 Å². The van der Waals surface area contributed by atoms with Gasteiger partial charge in [-0.05, 0) is 49.4 Å². The van der Waals surface area contributed by atoms with Gasteiger partial charge in [0.15, 0.2) is 0 Å². The van der Waals surface area contributed by atoms with Gasteiger partial charge < -0.3 is 10.2 Å². The van der Waals surface area contributed by atoms with Crippen molar-refractivity contribution >= 4 is 11.9 Å². The normalized spacial score (nSPS) is 15.9. The average molecular weight is 427 g/mol. The number of carbonyl (C=O) groups is 2. The summed E-state index contributed by atoms with van der Waals surface area (Å²) in [5.74, 6) is -0.828. The van der Waals surface area contributed by atoms with Crippen LogP contribution in [0, 0.1) is 29.1 Å². The quantitative estimate of drug-likeness (QED) is 0.207. The standard InChI is InChI=1S/C26H50O4/c1-7-9-11-13-16-22(20(3)4)26(25(29)30,19-15-18-24(27)28)23(21(5)6)17-14-12-10-8-2/h20-23H,7-19H2,1-6H3,(H,27,28)(H,29,30). The highest BCUT2D eigenvalue weighted by Gasteiger charge is 2.52. The van der Waals surface area contributed by atoms with Gasteiger partial charge in [-0.2, -0.15) is 0 Å². The summed E-state index contributed by atoms with van der Waals surface area (Å²) in [5, 5.41) is 19.9. The van der Waals surface area contributed by atoms with Gasteiger partial charge in [0, 0.05) is 6.42 Å². The Labute approximate surface area is 186 Å². The number of rotatable bonds is 19. The van der Waals surface area contributed by atoms with Crippen molar-refractivity contribution in [3.8, 4) is 0 Å². The minimum atomic E-state index is -0.837. The molecule has 2 unspecified atom stereocenters. The molecule has 0 rings (SSSR count). The van der Waals surface area contributed by atoms with Gasteiger partial charge >= 0.3 is 11.9 Å². The lowest BCUT2D eigenvalue weighted by Crippen LogP contribution is -2.49. The van der Waals surface area contributed by atoms with E-state index >= 15 is 0 Å². The van der Waals surface area contributed by atoms with Crippen molar-refractivity contribution in [2.45, 2.75) is 125 Å². The fourth-order valence-electron chi connectivity index (χ4n) is 5.56. The van der Waals surface area contributed by atoms with E-state index in [1.54, 1.807) is 0 Å². The molecule has 4 heteroatoms. The summed E-state index contributed by atoms with van der Waals surface area (Å²) in [6.07, 6.45) is 11.9. The highest BCUT2D eigenvalue weighted by atomic mass is 16.4. The Morgan fingerprint density at radius 2 is 1.13 bits per heavy atom. The summed E-state index contributed by atoms with van der Waals surface area (Å²) in [6.45, 7) is 13.0. The number of hydrogen-bond donors (Lipinski definition) is 2. The van der Waals surface area contributed by atoms with Crippen LogP contribution in [0.3, 0.4) is 0 Å². The summed E-state index contributed by atoms with van der Waals surface area (Å²) in [7, 11) is 0. The molecule has 0 bridgehead atoms. The van der Waals surface area contributed by atoms with Gasteiger partial charge in [-0.3, -0.25) is 9.59 Å². The van der Waals surface area contributed by atoms with E-state index in [9.17, 15) is 19.8 Å². The van der Waals surface area contributed by atoms with Crippen molar-refractivity contribution in [3.63, 3.8) is 0 Å². The number of carboxylic acid groups (broad SMARTS) is 2. The molecule has 2 atom stereocenters. The number of carboxylic acids is 2. The molecule has 0 radical (unpaired) electrons. The predicted octanol–water partition coefficient (Wildman–Crippen LogP) is 7.80. The molecule has 0 saturated carbocycles. The first kappa shape index (κ1) is 28.9. The maximum absolute atomic E-state index is 13.0. The van der Waals surface area contributed by atoms with E-state index in [0.717, 1.165) is 38.5 Å². The fourth-order valence-corrected chi connectivity index (χ4v) is 5.56. The SMILES string of the molecule is CCCCCCC(C(C)C)C(CCCC(=O)O)(C(=O)O)C(CCCCCC)C(C)C. The van der Waals surface area contributed by atoms with Crippen LogP contribution in [0.5, 0.6) is 0 Å². The van der Waals surface area contributed by atoms with Crippen LogP contribution in [0.4, 0.5) is 0 Å². The Balaban J connectivity index is 5.97. The lowest BCUT2D eigenvalue weighted by atomic mass is 9.55. The van der Waals surface area contributed by atoms with Crippen molar-refractivity contribution in [2.24, 2.45) is 29.1 Å². The summed E-state index contributed by atoms with van der Waals surface area (Å²) in [4.78, 5) is 24.2. The first-order valence-electron chi connectivity index (χ1n) is 12.6. The van der Waals surface area contributed by atoms with Crippen molar-refractivity contribution in [2.75, 3.05) is 0 Å². The zero-order valence-corrected chi connectivity index (χ0v) is 20.7. The van der Waals surface area contributed by atoms with Crippen molar-refractivity contribution in [1.82, 2.24) is 0 Å². The van der Waals surface area contributed by atoms with Gasteiger partial charge in [-0.25, -0.2) is 0 Å². The molecular formula is C26H50O4. The van der Waals surface area contributed by atoms with Gasteiger partial charge in [0.05, 0.1) is 5.41 Å². The molecule has 0 saturated heterocycles. The molecule has 0 aliphatic rings. The van der Waals surface area contributed by atoms with E-state index < -0.39 is 17.4 Å². The molecule has 0 amide bonds. The minimum absolute atomic E-state index is 0.0519. The summed E-state index contributed by atoms with van der Waals surface area (Å²) >= 11 is 0. The lowest BCUT2D eigenvalue weighted by molar-refractivity contribution is -0.164. The Morgan fingerprint density at radius 3 is 1.43 bits per heavy atom. The number of unbranched alkanes of at least 4 members (excludes halogenated alkanes) is 6. The van der Waals surface area contributed by atoms with Crippen LogP contribution in [0.15, 0.2) is 0 Å². The molecule has 4 nitrogen and oxygen atoms in total. The highest BCUT2D eigenvalue weighted by molar-refractivity contribution is 5.76. The number of aliphatic carboxylic acids is 2. The average Bonchev–Trinajstić information content (AvgIpc) is 2.65. The molecule has 0 aromatic rings. The smallest absolute Gasteiger partial charge is 0.310 e. The first-order valence-corrected chi connectivity index (χ1v) is 12.6. The second-order valence-corrected chi connectivity index (χ2v) is 9.99. The Kier molecular flexibility index (Phi) is 15.1. The number of hydrogen-bond acceptors (Lipinski definition) is 2. The van der Waals surface area contributed by atoms with Gasteiger partial charge in [0.2, 0.25) is 0 Å². The maximum atomic E-state index is 13.0. The van der Waals surface area contributed by atoms with Crippen molar-refractivity contribution in [1.29, 1.82) is 0 Å². The third-order valence-corrected chi connectivity index (χ3v) is 7.05. The van der Waals surface area contributed by atoms with E-state index in [1.165, 1.54) is 25.7 Å². The Bertz CT molecular complexity index is 446. The van der Waals surface area contributed by atoms with Crippen LogP contribution in [0.25, 0.3) is 0 Å². The second-order valence-electron chi connectivity index (χ2n) is 9.99. The van der Waals surface area contributed by atoms with Crippen LogP contribution in [0.1, 0.15) is 125 Å². The molecule has 0 spiro atoms. The topological polar surface area (TPSA) is 74.6 Å². The predicted molar refractivity (Wildman–Crippen MR) is 126 cm³/mol. The van der Waals surface area contributed by atoms with Gasteiger partial charge in [0.25, 0.3) is 0 Å². The Morgan fingerprint density at radius 1 is 0.700 bits per heavy atom. The van der Waals surface area contributed by atoms with E-state index in [1.807, 2.05) is 0 Å². The van der Waals surface area contributed by atoms with Gasteiger partial charge in [0.1, 0.15) is 0 Å². The minimum Gasteiger partial charge on any atom is -0.481 e. The van der Waals surface area contributed by atoms with Crippen molar-refractivity contribution in [3.05, 3.63) is 0 Å². The van der Waals surface area contributed by atoms with Crippen LogP contribution in [-0.4, -0.2) is 22.2 Å². The van der Waals surface area contributed by atoms with Crippen molar-refractivity contribution < 1.29 is 19.8 Å². The molecule has 2 N–H and O–H groups in total. The second kappa shape index (κ2) is 15.7. The van der Waals surface area contributed by atoms with Gasteiger partial charge in [-0.15, -0.1) is 0 Å². The molecule has 0 aromatic heterocycles. The molecule has 30 heavy (non-hydrogen) atoms. The first-order chi connectivity index (χ1) is 14.1. The highest BCUT2D eigenvalue weighted by Crippen LogP contribution is 2.51. The van der Waals surface area contributed by atoms with Crippen LogP contribution in [0.2, 0.25) is 0 Å². The summed E-state index contributed by atoms with van der Waals surface area (Å²) < 4.78 is 0. The van der Waals surface area contributed by atoms with Crippen LogP contribution in [-0.2, 0) is 9.59 Å². The lowest BCUT2D eigenvalue weighted by Gasteiger charge is -2.47. The zero-order valence-electron chi connectivity index (χ0n) is 20.7. The van der Waals surface area contributed by atoms with Gasteiger partial charge in [-0.1, -0.05) is 92.9 Å². The van der Waals surface area contributed by atoms with Crippen LogP contribution >= 0.6 is 0 Å². The fraction of sp³-hybridized carbons (Fsp3) is 0.923. The molecule has 178 valence electrons. The summed E-state index contributed by atoms with van der Waals surface area (Å²) in [5.41, 5.74) is -0.837. The van der Waals surface area contributed by atoms with E-state index in [4.69, 9.17) is 0 Å². The third kappa shape index (κ3) is 9.39. The molecule has 0 aliphatic heterocycles. The Hall–Kier alpha value is -1.06. The maximum Gasteiger partial charge on any atom is 0.310 e. The molecular weight excluding hydrogens is 376 g/mol. The summed E-state index contributed by atoms with van der Waals surface area (Å²) in [6, 6.07) is 0. The van der Waals surface area contributed by atoms with Crippen LogP contribution < -0.4 is 0 Å². The zero-order chi connectivity index (χ0) is 23.2. The molecule has 0 aliphatic carbocycles. The molecule has 0 heterocycles. The third-order valence-electron chi connectivity index (χ3n) is 7.05. The molecule has 0 aromatic carbocycles. The largest absolute Gasteiger partial charge is 0.481 e. The molecule has 0 fully saturated rings. The van der Waals surface area contributed by atoms with E-state index in [2.05, 4.69) is 41.5 Å². The van der Waals surface area contributed by atoms with E-state index in [-0.39, 0.29) is 30.1 Å².